The second-order valence-electron chi connectivity index (χ2n) is 4.08. The Bertz CT molecular complexity index is 532. The van der Waals surface area contributed by atoms with Gasteiger partial charge in [-0.1, -0.05) is 0 Å². The number of halogens is 3. The molecule has 0 aliphatic heterocycles. The Morgan fingerprint density at radius 3 is 2.57 bits per heavy atom. The van der Waals surface area contributed by atoms with E-state index in [2.05, 4.69) is 10.1 Å². The first-order chi connectivity index (χ1) is 9.69. The third-order valence-electron chi connectivity index (χ3n) is 2.29. The first kappa shape index (κ1) is 16.8. The highest BCUT2D eigenvalue weighted by atomic mass is 19.4. The van der Waals surface area contributed by atoms with Crippen LogP contribution in [0.15, 0.2) is 18.2 Å². The van der Waals surface area contributed by atoms with E-state index in [1.54, 1.807) is 0 Å². The van der Waals surface area contributed by atoms with E-state index < -0.39 is 31.3 Å². The van der Waals surface area contributed by atoms with Crippen LogP contribution >= 0.6 is 0 Å². The zero-order valence-corrected chi connectivity index (χ0v) is 10.7. The molecule has 0 radical (unpaired) electrons. The molecule has 116 valence electrons. The molecule has 0 unspecified atom stereocenters. The van der Waals surface area contributed by atoms with Crippen molar-refractivity contribution in [3.8, 4) is 0 Å². The van der Waals surface area contributed by atoms with Crippen LogP contribution in [0.4, 0.5) is 24.5 Å². The number of carbonyl (C=O) groups is 2. The summed E-state index contributed by atoms with van der Waals surface area (Å²) in [6.07, 6.45) is -4.79. The smallest absolute Gasteiger partial charge is 0.411 e. The number of nitrogen functional groups attached to an aromatic ring is 1. The second kappa shape index (κ2) is 6.93. The molecule has 0 saturated carbocycles. The van der Waals surface area contributed by atoms with Gasteiger partial charge in [0.1, 0.15) is 6.61 Å². The Hall–Kier alpha value is -2.29. The molecule has 1 aromatic carbocycles. The normalized spacial score (nSPS) is 11.2. The van der Waals surface area contributed by atoms with Gasteiger partial charge in [0.25, 0.3) is 0 Å². The molecule has 0 aromatic heterocycles. The van der Waals surface area contributed by atoms with Crippen LogP contribution in [0.5, 0.6) is 0 Å². The van der Waals surface area contributed by atoms with E-state index in [9.17, 15) is 22.8 Å². The molecular formula is C12H13F3N2O4. The number of anilines is 2. The molecule has 1 amide bonds. The van der Waals surface area contributed by atoms with Crippen LogP contribution in [-0.2, 0) is 9.53 Å². The fraction of sp³-hybridized carbons (Fsp3) is 0.333. The molecule has 0 atom stereocenters. The third-order valence-corrected chi connectivity index (χ3v) is 2.29. The summed E-state index contributed by atoms with van der Waals surface area (Å²) in [5.41, 5.74) is 5.44. The number of carboxylic acids is 1. The van der Waals surface area contributed by atoms with Gasteiger partial charge in [0.2, 0.25) is 5.91 Å². The standard InChI is InChI=1S/C12H13F3N2O4/c13-12(14,15)6-21-4-3-10(18)17-9-2-1-7(16)5-8(9)11(19)20/h1-2,5H,3-4,6,16H2,(H,17,18)(H,19,20). The van der Waals surface area contributed by atoms with Crippen LogP contribution in [0.25, 0.3) is 0 Å². The van der Waals surface area contributed by atoms with Gasteiger partial charge >= 0.3 is 12.1 Å². The van der Waals surface area contributed by atoms with Gasteiger partial charge in [-0.05, 0) is 18.2 Å². The average molecular weight is 306 g/mol. The molecule has 0 fully saturated rings. The summed E-state index contributed by atoms with van der Waals surface area (Å²) >= 11 is 0. The summed E-state index contributed by atoms with van der Waals surface area (Å²) in [6.45, 7) is -1.87. The van der Waals surface area contributed by atoms with Crippen LogP contribution in [0.2, 0.25) is 0 Å². The molecule has 1 aromatic rings. The number of hydrogen-bond acceptors (Lipinski definition) is 4. The molecular weight excluding hydrogens is 293 g/mol. The summed E-state index contributed by atoms with van der Waals surface area (Å²) in [7, 11) is 0. The van der Waals surface area contributed by atoms with Crippen LogP contribution in [0, 0.1) is 0 Å². The number of aromatic carboxylic acids is 1. The Kier molecular flexibility index (Phi) is 5.53. The zero-order chi connectivity index (χ0) is 16.0. The molecule has 9 heteroatoms. The quantitative estimate of drug-likeness (QED) is 0.550. The van der Waals surface area contributed by atoms with Crippen molar-refractivity contribution in [2.24, 2.45) is 0 Å². The molecule has 0 aliphatic rings. The average Bonchev–Trinajstić information content (AvgIpc) is 2.35. The minimum absolute atomic E-state index is 0.0116. The predicted molar refractivity (Wildman–Crippen MR) is 67.9 cm³/mol. The van der Waals surface area contributed by atoms with Crippen LogP contribution in [0.1, 0.15) is 16.8 Å². The molecule has 21 heavy (non-hydrogen) atoms. The summed E-state index contributed by atoms with van der Waals surface area (Å²) < 4.78 is 39.7. The Labute approximate surface area is 117 Å². The zero-order valence-electron chi connectivity index (χ0n) is 10.7. The first-order valence-electron chi connectivity index (χ1n) is 5.76. The Morgan fingerprint density at radius 1 is 1.33 bits per heavy atom. The predicted octanol–water partition coefficient (Wildman–Crippen LogP) is 1.87. The Morgan fingerprint density at radius 2 is 2.00 bits per heavy atom. The summed E-state index contributed by atoms with van der Waals surface area (Å²) in [5, 5.41) is 11.2. The monoisotopic (exact) mass is 306 g/mol. The van der Waals surface area contributed by atoms with Crippen molar-refractivity contribution < 1.29 is 32.6 Å². The number of nitrogens with one attached hydrogen (secondary N) is 1. The van der Waals surface area contributed by atoms with E-state index in [1.807, 2.05) is 0 Å². The number of benzene rings is 1. The summed E-state index contributed by atoms with van der Waals surface area (Å²) in [6, 6.07) is 3.85. The molecule has 0 heterocycles. The van der Waals surface area contributed by atoms with Gasteiger partial charge in [0, 0.05) is 5.69 Å². The van der Waals surface area contributed by atoms with Gasteiger partial charge in [-0.2, -0.15) is 13.2 Å². The highest BCUT2D eigenvalue weighted by Gasteiger charge is 2.27. The number of carboxylic acid groups (broad SMARTS) is 1. The van der Waals surface area contributed by atoms with Crippen LogP contribution in [-0.4, -0.2) is 36.4 Å². The number of ether oxygens (including phenoxy) is 1. The maximum atomic E-state index is 11.8. The maximum Gasteiger partial charge on any atom is 0.411 e. The number of amides is 1. The van der Waals surface area contributed by atoms with Crippen molar-refractivity contribution in [3.05, 3.63) is 23.8 Å². The van der Waals surface area contributed by atoms with Gasteiger partial charge in [-0.15, -0.1) is 0 Å². The van der Waals surface area contributed by atoms with Crippen LogP contribution in [0.3, 0.4) is 0 Å². The van der Waals surface area contributed by atoms with Gasteiger partial charge in [-0.25, -0.2) is 4.79 Å². The van der Waals surface area contributed by atoms with Gasteiger partial charge in [0.05, 0.1) is 24.3 Å². The van der Waals surface area contributed by atoms with Crippen molar-refractivity contribution in [3.63, 3.8) is 0 Å². The maximum absolute atomic E-state index is 11.8. The minimum Gasteiger partial charge on any atom is -0.478 e. The molecule has 6 nitrogen and oxygen atoms in total. The highest BCUT2D eigenvalue weighted by Crippen LogP contribution is 2.19. The van der Waals surface area contributed by atoms with Crippen molar-refractivity contribution in [2.75, 3.05) is 24.3 Å². The van der Waals surface area contributed by atoms with Gasteiger partial charge < -0.3 is 20.9 Å². The van der Waals surface area contributed by atoms with E-state index in [-0.39, 0.29) is 23.4 Å². The van der Waals surface area contributed by atoms with E-state index in [0.29, 0.717) is 0 Å². The SMILES string of the molecule is Nc1ccc(NC(=O)CCOCC(F)(F)F)c(C(=O)O)c1. The molecule has 4 N–H and O–H groups in total. The lowest BCUT2D eigenvalue weighted by molar-refractivity contribution is -0.174. The number of alkyl halides is 3. The summed E-state index contributed by atoms with van der Waals surface area (Å²) in [4.78, 5) is 22.5. The summed E-state index contributed by atoms with van der Waals surface area (Å²) in [5.74, 6) is -1.95. The number of nitrogens with two attached hydrogens (primary N) is 1. The minimum atomic E-state index is -4.45. The topological polar surface area (TPSA) is 102 Å². The highest BCUT2D eigenvalue weighted by molar-refractivity contribution is 6.01. The number of hydrogen-bond donors (Lipinski definition) is 3. The lowest BCUT2D eigenvalue weighted by Gasteiger charge is -2.10. The molecule has 0 spiro atoms. The van der Waals surface area contributed by atoms with Crippen molar-refractivity contribution in [1.82, 2.24) is 0 Å². The first-order valence-corrected chi connectivity index (χ1v) is 5.76. The van der Waals surface area contributed by atoms with E-state index in [1.165, 1.54) is 12.1 Å². The van der Waals surface area contributed by atoms with Crippen LogP contribution < -0.4 is 11.1 Å². The fourth-order valence-corrected chi connectivity index (χ4v) is 1.41. The van der Waals surface area contributed by atoms with Crippen molar-refractivity contribution in [1.29, 1.82) is 0 Å². The van der Waals surface area contributed by atoms with Gasteiger partial charge in [-0.3, -0.25) is 4.79 Å². The van der Waals surface area contributed by atoms with Crippen molar-refractivity contribution in [2.45, 2.75) is 12.6 Å². The van der Waals surface area contributed by atoms with E-state index in [4.69, 9.17) is 10.8 Å². The number of carbonyl (C=O) groups excluding carboxylic acids is 1. The second-order valence-corrected chi connectivity index (χ2v) is 4.08. The number of rotatable bonds is 6. The molecule has 0 aliphatic carbocycles. The largest absolute Gasteiger partial charge is 0.478 e. The Balaban J connectivity index is 2.54. The molecule has 0 bridgehead atoms. The van der Waals surface area contributed by atoms with Gasteiger partial charge in [0.15, 0.2) is 0 Å². The molecule has 0 saturated heterocycles. The lowest BCUT2D eigenvalue weighted by Crippen LogP contribution is -2.20. The van der Waals surface area contributed by atoms with E-state index in [0.717, 1.165) is 6.07 Å². The molecule has 1 rings (SSSR count). The lowest BCUT2D eigenvalue weighted by atomic mass is 10.1. The van der Waals surface area contributed by atoms with E-state index >= 15 is 0 Å². The fourth-order valence-electron chi connectivity index (χ4n) is 1.41. The third kappa shape index (κ3) is 6.13. The van der Waals surface area contributed by atoms with Crippen molar-refractivity contribution >= 4 is 23.3 Å².